The summed E-state index contributed by atoms with van der Waals surface area (Å²) in [6.07, 6.45) is 0.167. The predicted octanol–water partition coefficient (Wildman–Crippen LogP) is 2.82. The summed E-state index contributed by atoms with van der Waals surface area (Å²) in [5.74, 6) is -0.918. The molecule has 0 radical (unpaired) electrons. The molecule has 0 fully saturated rings. The molecule has 2 amide bonds. The summed E-state index contributed by atoms with van der Waals surface area (Å²) < 4.78 is 10.2. The quantitative estimate of drug-likeness (QED) is 0.741. The van der Waals surface area contributed by atoms with Crippen LogP contribution in [-0.2, 0) is 38.6 Å². The fourth-order valence-electron chi connectivity index (χ4n) is 3.49. The van der Waals surface area contributed by atoms with Gasteiger partial charge in [0.1, 0.15) is 18.7 Å². The Morgan fingerprint density at radius 2 is 1.73 bits per heavy atom. The molecule has 30 heavy (non-hydrogen) atoms. The van der Waals surface area contributed by atoms with Gasteiger partial charge in [0.2, 0.25) is 5.91 Å². The Morgan fingerprint density at radius 1 is 1.07 bits per heavy atom. The minimum atomic E-state index is -0.776. The average molecular weight is 410 g/mol. The second kappa shape index (κ2) is 9.91. The van der Waals surface area contributed by atoms with Crippen LogP contribution in [0.2, 0.25) is 0 Å². The van der Waals surface area contributed by atoms with E-state index in [2.05, 4.69) is 5.32 Å². The second-order valence-corrected chi connectivity index (χ2v) is 7.15. The van der Waals surface area contributed by atoms with E-state index in [4.69, 9.17) is 9.47 Å². The standard InChI is InChI=1S/C23H26N2O5/c1-3-19(22(27)29-2)24-21(26)20-13-17-11-7-8-12-18(17)14-25(20)23(28)30-15-16-9-5-4-6-10-16/h4-12,19-20H,3,13-15H2,1-2H3,(H,24,26)/t19-,20+/m1/s1. The highest BCUT2D eigenvalue weighted by Gasteiger charge is 2.37. The minimum Gasteiger partial charge on any atom is -0.467 e. The summed E-state index contributed by atoms with van der Waals surface area (Å²) in [6, 6.07) is 15.5. The molecule has 1 N–H and O–H groups in total. The lowest BCUT2D eigenvalue weighted by molar-refractivity contribution is -0.145. The number of carbonyl (C=O) groups excluding carboxylic acids is 3. The topological polar surface area (TPSA) is 84.9 Å². The van der Waals surface area contributed by atoms with Gasteiger partial charge >= 0.3 is 12.1 Å². The van der Waals surface area contributed by atoms with Crippen LogP contribution in [0, 0.1) is 0 Å². The zero-order valence-electron chi connectivity index (χ0n) is 17.2. The Balaban J connectivity index is 1.77. The number of hydrogen-bond donors (Lipinski definition) is 1. The first-order valence-electron chi connectivity index (χ1n) is 9.95. The molecule has 2 aromatic rings. The molecule has 1 heterocycles. The first kappa shape index (κ1) is 21.4. The average Bonchev–Trinajstić information content (AvgIpc) is 2.80. The Morgan fingerprint density at radius 3 is 2.40 bits per heavy atom. The lowest BCUT2D eigenvalue weighted by Crippen LogP contribution is -2.55. The number of methoxy groups -OCH3 is 1. The van der Waals surface area contributed by atoms with Crippen molar-refractivity contribution in [2.75, 3.05) is 7.11 Å². The smallest absolute Gasteiger partial charge is 0.411 e. The predicted molar refractivity (Wildman–Crippen MR) is 110 cm³/mol. The molecular formula is C23H26N2O5. The van der Waals surface area contributed by atoms with Crippen molar-refractivity contribution in [2.24, 2.45) is 0 Å². The maximum absolute atomic E-state index is 13.0. The fraction of sp³-hybridized carbons (Fsp3) is 0.348. The lowest BCUT2D eigenvalue weighted by Gasteiger charge is -2.35. The van der Waals surface area contributed by atoms with E-state index >= 15 is 0 Å². The maximum Gasteiger partial charge on any atom is 0.411 e. The van der Waals surface area contributed by atoms with Gasteiger partial charge in [-0.15, -0.1) is 0 Å². The number of nitrogens with zero attached hydrogens (tertiary/aromatic N) is 1. The molecule has 1 aliphatic rings. The van der Waals surface area contributed by atoms with Crippen LogP contribution < -0.4 is 5.32 Å². The summed E-state index contributed by atoms with van der Waals surface area (Å²) in [5.41, 5.74) is 2.83. The molecule has 7 heteroatoms. The van der Waals surface area contributed by atoms with Crippen LogP contribution in [0.3, 0.4) is 0 Å². The number of nitrogens with one attached hydrogen (secondary N) is 1. The number of hydrogen-bond acceptors (Lipinski definition) is 5. The molecule has 0 unspecified atom stereocenters. The Hall–Kier alpha value is -3.35. The van der Waals surface area contributed by atoms with E-state index < -0.39 is 30.1 Å². The molecule has 0 aromatic heterocycles. The van der Waals surface area contributed by atoms with Gasteiger partial charge in [0.05, 0.1) is 13.7 Å². The zero-order valence-corrected chi connectivity index (χ0v) is 17.2. The molecule has 3 rings (SSSR count). The van der Waals surface area contributed by atoms with Crippen molar-refractivity contribution >= 4 is 18.0 Å². The van der Waals surface area contributed by atoms with Crippen LogP contribution in [0.5, 0.6) is 0 Å². The number of amides is 2. The van der Waals surface area contributed by atoms with Crippen molar-refractivity contribution in [3.8, 4) is 0 Å². The fourth-order valence-corrected chi connectivity index (χ4v) is 3.49. The van der Waals surface area contributed by atoms with Crippen molar-refractivity contribution in [1.82, 2.24) is 10.2 Å². The van der Waals surface area contributed by atoms with Crippen LogP contribution in [0.4, 0.5) is 4.79 Å². The van der Waals surface area contributed by atoms with Gasteiger partial charge in [-0.25, -0.2) is 9.59 Å². The lowest BCUT2D eigenvalue weighted by atomic mass is 9.93. The molecule has 1 aliphatic heterocycles. The van der Waals surface area contributed by atoms with Crippen LogP contribution in [0.15, 0.2) is 54.6 Å². The molecule has 0 spiro atoms. The third-order valence-corrected chi connectivity index (χ3v) is 5.20. The zero-order chi connectivity index (χ0) is 21.5. The van der Waals surface area contributed by atoms with Gasteiger partial charge in [-0.2, -0.15) is 0 Å². The van der Waals surface area contributed by atoms with Crippen LogP contribution in [0.25, 0.3) is 0 Å². The Bertz CT molecular complexity index is 899. The van der Waals surface area contributed by atoms with E-state index in [1.807, 2.05) is 54.6 Å². The number of benzene rings is 2. The third-order valence-electron chi connectivity index (χ3n) is 5.20. The van der Waals surface area contributed by atoms with E-state index in [1.165, 1.54) is 12.0 Å². The Kier molecular flexibility index (Phi) is 7.06. The summed E-state index contributed by atoms with van der Waals surface area (Å²) in [4.78, 5) is 39.2. The van der Waals surface area contributed by atoms with Gasteiger partial charge in [-0.1, -0.05) is 61.5 Å². The van der Waals surface area contributed by atoms with Crippen molar-refractivity contribution in [2.45, 2.75) is 45.0 Å². The molecule has 0 saturated heterocycles. The second-order valence-electron chi connectivity index (χ2n) is 7.15. The number of rotatable bonds is 6. The van der Waals surface area contributed by atoms with Crippen molar-refractivity contribution in [1.29, 1.82) is 0 Å². The summed E-state index contributed by atoms with van der Waals surface area (Å²) >= 11 is 0. The highest BCUT2D eigenvalue weighted by molar-refractivity contribution is 5.90. The molecule has 0 bridgehead atoms. The van der Waals surface area contributed by atoms with E-state index in [-0.39, 0.29) is 13.2 Å². The molecule has 2 aromatic carbocycles. The molecule has 0 saturated carbocycles. The van der Waals surface area contributed by atoms with Crippen LogP contribution >= 0.6 is 0 Å². The summed E-state index contributed by atoms with van der Waals surface area (Å²) in [5, 5.41) is 2.71. The summed E-state index contributed by atoms with van der Waals surface area (Å²) in [6.45, 7) is 2.16. The molecule has 0 aliphatic carbocycles. The van der Waals surface area contributed by atoms with E-state index in [0.717, 1.165) is 16.7 Å². The number of ether oxygens (including phenoxy) is 2. The molecule has 7 nitrogen and oxygen atoms in total. The van der Waals surface area contributed by atoms with Gasteiger partial charge in [0, 0.05) is 6.42 Å². The van der Waals surface area contributed by atoms with E-state index in [1.54, 1.807) is 6.92 Å². The van der Waals surface area contributed by atoms with E-state index in [9.17, 15) is 14.4 Å². The van der Waals surface area contributed by atoms with Crippen molar-refractivity contribution in [3.05, 3.63) is 71.3 Å². The first-order chi connectivity index (χ1) is 14.5. The van der Waals surface area contributed by atoms with Crippen molar-refractivity contribution in [3.63, 3.8) is 0 Å². The van der Waals surface area contributed by atoms with Gasteiger partial charge < -0.3 is 14.8 Å². The molecular weight excluding hydrogens is 384 g/mol. The minimum absolute atomic E-state index is 0.117. The first-order valence-corrected chi connectivity index (χ1v) is 9.95. The highest BCUT2D eigenvalue weighted by atomic mass is 16.6. The van der Waals surface area contributed by atoms with E-state index in [0.29, 0.717) is 12.8 Å². The molecule has 158 valence electrons. The maximum atomic E-state index is 13.0. The number of esters is 1. The van der Waals surface area contributed by atoms with Crippen molar-refractivity contribution < 1.29 is 23.9 Å². The SMILES string of the molecule is CC[C@@H](NC(=O)[C@@H]1Cc2ccccc2CN1C(=O)OCc1ccccc1)C(=O)OC. The summed E-state index contributed by atoms with van der Waals surface area (Å²) in [7, 11) is 1.28. The van der Waals surface area contributed by atoms with Gasteiger partial charge in [-0.3, -0.25) is 9.69 Å². The Labute approximate surface area is 176 Å². The molecule has 2 atom stereocenters. The normalized spacial score (nSPS) is 16.2. The largest absolute Gasteiger partial charge is 0.467 e. The van der Waals surface area contributed by atoms with Crippen LogP contribution in [0.1, 0.15) is 30.0 Å². The number of carbonyl (C=O) groups is 3. The van der Waals surface area contributed by atoms with Gasteiger partial charge in [0.25, 0.3) is 0 Å². The van der Waals surface area contributed by atoms with Crippen LogP contribution in [-0.4, -0.2) is 42.1 Å². The number of fused-ring (bicyclic) bond motifs is 1. The highest BCUT2D eigenvalue weighted by Crippen LogP contribution is 2.24. The monoisotopic (exact) mass is 410 g/mol. The van der Waals surface area contributed by atoms with Gasteiger partial charge in [0.15, 0.2) is 0 Å². The van der Waals surface area contributed by atoms with Gasteiger partial charge in [-0.05, 0) is 23.1 Å². The third kappa shape index (κ3) is 4.97.